The van der Waals surface area contributed by atoms with Crippen molar-refractivity contribution in [1.29, 1.82) is 0 Å². The lowest BCUT2D eigenvalue weighted by Gasteiger charge is -2.14. The lowest BCUT2D eigenvalue weighted by Crippen LogP contribution is -2.12. The topological polar surface area (TPSA) is 42.9 Å². The number of hydrogen-bond acceptors (Lipinski definition) is 4. The van der Waals surface area contributed by atoms with Crippen LogP contribution in [0.3, 0.4) is 0 Å². The number of hydrogen-bond donors (Lipinski definition) is 0. The normalized spacial score (nSPS) is 25.3. The Morgan fingerprint density at radius 3 is 2.79 bits per heavy atom. The van der Waals surface area contributed by atoms with Gasteiger partial charge in [0.1, 0.15) is 18.2 Å². The Kier molecular flexibility index (Phi) is 3.55. The molecule has 0 N–H and O–H groups in total. The molecule has 1 saturated carbocycles. The third-order valence-electron chi connectivity index (χ3n) is 5.43. The molecule has 1 aromatic carbocycles. The summed E-state index contributed by atoms with van der Waals surface area (Å²) in [5.41, 5.74) is 1.13. The van der Waals surface area contributed by atoms with E-state index in [0.717, 1.165) is 48.5 Å². The fourth-order valence-electron chi connectivity index (χ4n) is 3.65. The summed E-state index contributed by atoms with van der Waals surface area (Å²) in [6, 6.07) is 8.97. The second-order valence-corrected chi connectivity index (χ2v) is 7.44. The molecule has 1 saturated heterocycles. The van der Waals surface area contributed by atoms with Crippen LogP contribution in [0, 0.1) is 5.92 Å². The number of ether oxygens (including phenoxy) is 1. The molecular weight excluding hydrogens is 300 g/mol. The SMILES string of the molecule is c1cc(-c2nnc3n2CCCC3)ccc1OCC1CN1CC1CC1. The van der Waals surface area contributed by atoms with Crippen molar-refractivity contribution in [1.82, 2.24) is 19.7 Å². The van der Waals surface area contributed by atoms with Crippen LogP contribution in [-0.4, -0.2) is 45.4 Å². The van der Waals surface area contributed by atoms with Crippen molar-refractivity contribution in [3.05, 3.63) is 30.1 Å². The van der Waals surface area contributed by atoms with Gasteiger partial charge in [-0.2, -0.15) is 0 Å². The molecule has 0 amide bonds. The molecule has 3 aliphatic rings. The summed E-state index contributed by atoms with van der Waals surface area (Å²) in [7, 11) is 0. The largest absolute Gasteiger partial charge is 0.492 e. The zero-order chi connectivity index (χ0) is 15.9. The molecule has 0 spiro atoms. The van der Waals surface area contributed by atoms with Gasteiger partial charge in [0, 0.05) is 31.6 Å². The molecule has 3 heterocycles. The van der Waals surface area contributed by atoms with Crippen molar-refractivity contribution in [2.45, 2.75) is 44.7 Å². The third-order valence-corrected chi connectivity index (χ3v) is 5.43. The first-order valence-corrected chi connectivity index (χ1v) is 9.26. The Hall–Kier alpha value is -1.88. The van der Waals surface area contributed by atoms with Crippen molar-refractivity contribution in [3.63, 3.8) is 0 Å². The number of nitrogens with zero attached hydrogens (tertiary/aromatic N) is 4. The van der Waals surface area contributed by atoms with Gasteiger partial charge in [-0.25, -0.2) is 0 Å². The lowest BCUT2D eigenvalue weighted by atomic mass is 10.1. The zero-order valence-corrected chi connectivity index (χ0v) is 14.0. The summed E-state index contributed by atoms with van der Waals surface area (Å²) in [6.45, 7) is 4.34. The van der Waals surface area contributed by atoms with E-state index in [1.807, 2.05) is 0 Å². The molecule has 5 rings (SSSR count). The van der Waals surface area contributed by atoms with E-state index in [1.165, 1.54) is 38.8 Å². The summed E-state index contributed by atoms with van der Waals surface area (Å²) in [6.07, 6.45) is 6.35. The van der Waals surface area contributed by atoms with E-state index in [0.29, 0.717) is 6.04 Å². The van der Waals surface area contributed by atoms with Crippen LogP contribution in [0.5, 0.6) is 5.75 Å². The average Bonchev–Trinajstić information content (AvgIpc) is 3.54. The Morgan fingerprint density at radius 1 is 1.08 bits per heavy atom. The van der Waals surface area contributed by atoms with Gasteiger partial charge in [-0.3, -0.25) is 4.90 Å². The molecular formula is C19H24N4O. The van der Waals surface area contributed by atoms with E-state index < -0.39 is 0 Å². The molecule has 5 heteroatoms. The summed E-state index contributed by atoms with van der Waals surface area (Å²) in [4.78, 5) is 2.54. The number of aromatic nitrogens is 3. The summed E-state index contributed by atoms with van der Waals surface area (Å²) < 4.78 is 8.23. The third kappa shape index (κ3) is 2.93. The van der Waals surface area contributed by atoms with E-state index >= 15 is 0 Å². The van der Waals surface area contributed by atoms with E-state index in [9.17, 15) is 0 Å². The standard InChI is InChI=1S/C19H24N4O/c1-2-10-23-18(3-1)20-21-19(23)15-6-8-17(9-7-15)24-13-16-12-22(16)11-14-4-5-14/h6-9,14,16H,1-5,10-13H2. The van der Waals surface area contributed by atoms with Crippen molar-refractivity contribution < 1.29 is 4.74 Å². The van der Waals surface area contributed by atoms with Crippen LogP contribution in [0.1, 0.15) is 31.5 Å². The first kappa shape index (κ1) is 14.5. The molecule has 126 valence electrons. The van der Waals surface area contributed by atoms with Gasteiger partial charge in [0.2, 0.25) is 0 Å². The minimum Gasteiger partial charge on any atom is -0.492 e. The van der Waals surface area contributed by atoms with E-state index in [1.54, 1.807) is 0 Å². The molecule has 2 atom stereocenters. The van der Waals surface area contributed by atoms with Gasteiger partial charge in [0.25, 0.3) is 0 Å². The summed E-state index contributed by atoms with van der Waals surface area (Å²) in [5.74, 6) is 4.05. The number of aryl methyl sites for hydroxylation is 1. The smallest absolute Gasteiger partial charge is 0.163 e. The maximum atomic E-state index is 5.96. The molecule has 1 aromatic heterocycles. The minimum atomic E-state index is 0.633. The van der Waals surface area contributed by atoms with Gasteiger partial charge >= 0.3 is 0 Å². The molecule has 2 aromatic rings. The fraction of sp³-hybridized carbons (Fsp3) is 0.579. The van der Waals surface area contributed by atoms with Gasteiger partial charge < -0.3 is 9.30 Å². The van der Waals surface area contributed by atoms with Gasteiger partial charge in [0.15, 0.2) is 5.82 Å². The van der Waals surface area contributed by atoms with Crippen molar-refractivity contribution in [2.75, 3.05) is 19.7 Å². The highest BCUT2D eigenvalue weighted by Gasteiger charge is 2.38. The average molecular weight is 324 g/mol. The molecule has 0 radical (unpaired) electrons. The predicted molar refractivity (Wildman–Crippen MR) is 92.0 cm³/mol. The van der Waals surface area contributed by atoms with Crippen molar-refractivity contribution in [2.24, 2.45) is 5.92 Å². The minimum absolute atomic E-state index is 0.633. The van der Waals surface area contributed by atoms with Crippen LogP contribution >= 0.6 is 0 Å². The van der Waals surface area contributed by atoms with Crippen LogP contribution in [0.15, 0.2) is 24.3 Å². The highest BCUT2D eigenvalue weighted by Crippen LogP contribution is 2.33. The Labute approximate surface area is 142 Å². The maximum absolute atomic E-state index is 5.96. The monoisotopic (exact) mass is 324 g/mol. The van der Waals surface area contributed by atoms with Crippen LogP contribution in [0.25, 0.3) is 11.4 Å². The first-order valence-electron chi connectivity index (χ1n) is 9.26. The first-order chi connectivity index (χ1) is 11.9. The molecule has 2 fully saturated rings. The lowest BCUT2D eigenvalue weighted by molar-refractivity contribution is 0.292. The predicted octanol–water partition coefficient (Wildman–Crippen LogP) is 2.75. The zero-order valence-electron chi connectivity index (χ0n) is 14.0. The molecule has 2 aliphatic heterocycles. The Balaban J connectivity index is 1.20. The van der Waals surface area contributed by atoms with Gasteiger partial charge in [-0.15, -0.1) is 10.2 Å². The second-order valence-electron chi connectivity index (χ2n) is 7.44. The summed E-state index contributed by atoms with van der Waals surface area (Å²) >= 11 is 0. The Morgan fingerprint density at radius 2 is 1.96 bits per heavy atom. The number of rotatable bonds is 6. The Bertz CT molecular complexity index is 719. The fourth-order valence-corrected chi connectivity index (χ4v) is 3.65. The number of benzene rings is 1. The van der Waals surface area contributed by atoms with Crippen molar-refractivity contribution in [3.8, 4) is 17.1 Å². The van der Waals surface area contributed by atoms with Crippen LogP contribution in [0.4, 0.5) is 0 Å². The molecule has 1 aliphatic carbocycles. The van der Waals surface area contributed by atoms with Gasteiger partial charge in [0.05, 0.1) is 6.04 Å². The highest BCUT2D eigenvalue weighted by atomic mass is 16.5. The molecule has 0 bridgehead atoms. The molecule has 24 heavy (non-hydrogen) atoms. The summed E-state index contributed by atoms with van der Waals surface area (Å²) in [5, 5.41) is 8.73. The second kappa shape index (κ2) is 5.88. The van der Waals surface area contributed by atoms with Crippen molar-refractivity contribution >= 4 is 0 Å². The van der Waals surface area contributed by atoms with Crippen LogP contribution < -0.4 is 4.74 Å². The molecule has 5 nitrogen and oxygen atoms in total. The highest BCUT2D eigenvalue weighted by molar-refractivity contribution is 5.56. The quantitative estimate of drug-likeness (QED) is 0.766. The van der Waals surface area contributed by atoms with E-state index in [2.05, 4.69) is 43.9 Å². The molecule has 2 unspecified atom stereocenters. The van der Waals surface area contributed by atoms with E-state index in [4.69, 9.17) is 4.74 Å². The number of fused-ring (bicyclic) bond motifs is 1. The maximum Gasteiger partial charge on any atom is 0.163 e. The van der Waals surface area contributed by atoms with Gasteiger partial charge in [-0.1, -0.05) is 0 Å². The van der Waals surface area contributed by atoms with Crippen LogP contribution in [0.2, 0.25) is 0 Å². The van der Waals surface area contributed by atoms with Crippen LogP contribution in [-0.2, 0) is 13.0 Å². The van der Waals surface area contributed by atoms with E-state index in [-0.39, 0.29) is 0 Å². The van der Waals surface area contributed by atoms with Gasteiger partial charge in [-0.05, 0) is 55.9 Å².